The number of carbonyl (C=O) groups is 2. The number of carbonyl (C=O) groups excluding carboxylic acids is 1. The fourth-order valence-electron chi connectivity index (χ4n) is 1.23. The lowest BCUT2D eigenvalue weighted by atomic mass is 10.3. The van der Waals surface area contributed by atoms with Crippen LogP contribution in [0.4, 0.5) is 0 Å². The molecule has 0 aliphatic heterocycles. The molecule has 0 aliphatic carbocycles. The molecule has 0 fully saturated rings. The normalized spacial score (nSPS) is 10.0. The zero-order valence-corrected chi connectivity index (χ0v) is 11.5. The summed E-state index contributed by atoms with van der Waals surface area (Å²) in [6, 6.07) is 4.69. The van der Waals surface area contributed by atoms with Crippen molar-refractivity contribution in [2.24, 2.45) is 0 Å². The quantitative estimate of drug-likeness (QED) is 0.758. The third-order valence-corrected chi connectivity index (χ3v) is 2.89. The molecule has 0 unspecified atom stereocenters. The van der Waals surface area contributed by atoms with Crippen molar-refractivity contribution in [2.75, 3.05) is 13.2 Å². The van der Waals surface area contributed by atoms with E-state index >= 15 is 0 Å². The molecule has 7 heteroatoms. The third-order valence-electron chi connectivity index (χ3n) is 2.15. The van der Waals surface area contributed by atoms with E-state index < -0.39 is 5.97 Å². The number of carboxylic acid groups (broad SMARTS) is 1. The highest BCUT2D eigenvalue weighted by molar-refractivity contribution is 6.42. The molecule has 0 saturated heterocycles. The molecular formula is C12H13Cl2NO4. The smallest absolute Gasteiger partial charge is 0.303 e. The van der Waals surface area contributed by atoms with Crippen LogP contribution in [0.15, 0.2) is 18.2 Å². The third kappa shape index (κ3) is 6.31. The van der Waals surface area contributed by atoms with Crippen LogP contribution in [-0.2, 0) is 9.59 Å². The molecule has 0 aromatic heterocycles. The molecule has 0 bridgehead atoms. The van der Waals surface area contributed by atoms with Crippen LogP contribution >= 0.6 is 23.2 Å². The first-order valence-corrected chi connectivity index (χ1v) is 6.31. The van der Waals surface area contributed by atoms with Crippen LogP contribution in [-0.4, -0.2) is 30.1 Å². The van der Waals surface area contributed by atoms with Crippen molar-refractivity contribution in [1.29, 1.82) is 0 Å². The van der Waals surface area contributed by atoms with Gasteiger partial charge >= 0.3 is 5.97 Å². The van der Waals surface area contributed by atoms with Gasteiger partial charge < -0.3 is 15.2 Å². The lowest BCUT2D eigenvalue weighted by Gasteiger charge is -2.07. The average molecular weight is 306 g/mol. The molecule has 0 saturated carbocycles. The van der Waals surface area contributed by atoms with E-state index in [0.29, 0.717) is 28.8 Å². The number of aliphatic carboxylic acids is 1. The first-order chi connectivity index (χ1) is 8.99. The second kappa shape index (κ2) is 7.86. The molecule has 1 aromatic carbocycles. The number of amides is 1. The summed E-state index contributed by atoms with van der Waals surface area (Å²) < 4.78 is 5.21. The average Bonchev–Trinajstić information content (AvgIpc) is 2.36. The van der Waals surface area contributed by atoms with Gasteiger partial charge in [0, 0.05) is 19.0 Å². The summed E-state index contributed by atoms with van der Waals surface area (Å²) in [5, 5.41) is 11.7. The topological polar surface area (TPSA) is 75.6 Å². The summed E-state index contributed by atoms with van der Waals surface area (Å²) in [6.07, 6.45) is 0.405. The SMILES string of the molecule is O=C(O)CCCNC(=O)COc1ccc(Cl)c(Cl)c1. The van der Waals surface area contributed by atoms with Gasteiger partial charge in [-0.3, -0.25) is 9.59 Å². The Balaban J connectivity index is 2.26. The number of ether oxygens (including phenoxy) is 1. The van der Waals surface area contributed by atoms with Crippen LogP contribution in [0.25, 0.3) is 0 Å². The van der Waals surface area contributed by atoms with Gasteiger partial charge in [0.25, 0.3) is 5.91 Å². The molecule has 0 spiro atoms. The second-order valence-corrected chi connectivity index (χ2v) is 4.53. The van der Waals surface area contributed by atoms with E-state index in [2.05, 4.69) is 5.32 Å². The summed E-state index contributed by atoms with van der Waals surface area (Å²) >= 11 is 11.5. The second-order valence-electron chi connectivity index (χ2n) is 3.71. The standard InChI is InChI=1S/C12H13Cl2NO4/c13-9-4-3-8(6-10(9)14)19-7-11(16)15-5-1-2-12(17)18/h3-4,6H,1-2,5,7H2,(H,15,16)(H,17,18). The molecule has 0 aliphatic rings. The summed E-state index contributed by atoms with van der Waals surface area (Å²) in [7, 11) is 0. The fourth-order valence-corrected chi connectivity index (χ4v) is 1.52. The van der Waals surface area contributed by atoms with Crippen molar-refractivity contribution in [1.82, 2.24) is 5.32 Å². The first-order valence-electron chi connectivity index (χ1n) is 5.55. The molecule has 5 nitrogen and oxygen atoms in total. The Bertz CT molecular complexity index is 465. The van der Waals surface area contributed by atoms with Gasteiger partial charge in [0.2, 0.25) is 0 Å². The van der Waals surface area contributed by atoms with Gasteiger partial charge in [-0.1, -0.05) is 23.2 Å². The van der Waals surface area contributed by atoms with Crippen LogP contribution in [0.1, 0.15) is 12.8 Å². The van der Waals surface area contributed by atoms with Crippen LogP contribution in [0, 0.1) is 0 Å². The Hall–Kier alpha value is -1.46. The largest absolute Gasteiger partial charge is 0.484 e. The highest BCUT2D eigenvalue weighted by Gasteiger charge is 2.05. The number of hydrogen-bond donors (Lipinski definition) is 2. The van der Waals surface area contributed by atoms with Crippen LogP contribution < -0.4 is 10.1 Å². The molecule has 1 amide bonds. The molecule has 0 atom stereocenters. The van der Waals surface area contributed by atoms with Gasteiger partial charge in [-0.15, -0.1) is 0 Å². The van der Waals surface area contributed by atoms with Crippen molar-refractivity contribution in [3.8, 4) is 5.75 Å². The minimum absolute atomic E-state index is 0.0218. The molecular weight excluding hydrogens is 293 g/mol. The zero-order chi connectivity index (χ0) is 14.3. The number of hydrogen-bond acceptors (Lipinski definition) is 3. The van der Waals surface area contributed by atoms with Gasteiger partial charge in [-0.05, 0) is 18.6 Å². The van der Waals surface area contributed by atoms with Gasteiger partial charge in [0.15, 0.2) is 6.61 Å². The minimum atomic E-state index is -0.888. The van der Waals surface area contributed by atoms with E-state index in [1.54, 1.807) is 12.1 Å². The Kier molecular flexibility index (Phi) is 6.45. The Labute approximate surface area is 120 Å². The van der Waals surface area contributed by atoms with Crippen molar-refractivity contribution < 1.29 is 19.4 Å². The summed E-state index contributed by atoms with van der Waals surface area (Å²) in [5.41, 5.74) is 0. The number of rotatable bonds is 7. The molecule has 2 N–H and O–H groups in total. The van der Waals surface area contributed by atoms with Gasteiger partial charge in [-0.25, -0.2) is 0 Å². The van der Waals surface area contributed by atoms with Crippen molar-refractivity contribution in [2.45, 2.75) is 12.8 Å². The molecule has 104 valence electrons. The first kappa shape index (κ1) is 15.6. The molecule has 19 heavy (non-hydrogen) atoms. The Morgan fingerprint density at radius 1 is 1.26 bits per heavy atom. The maximum Gasteiger partial charge on any atom is 0.303 e. The predicted molar refractivity (Wildman–Crippen MR) is 71.8 cm³/mol. The number of carboxylic acids is 1. The van der Waals surface area contributed by atoms with Crippen LogP contribution in [0.2, 0.25) is 10.0 Å². The summed E-state index contributed by atoms with van der Waals surface area (Å²) in [6.45, 7) is 0.140. The molecule has 1 rings (SSSR count). The maximum atomic E-state index is 11.4. The van der Waals surface area contributed by atoms with Gasteiger partial charge in [0.1, 0.15) is 5.75 Å². The maximum absolute atomic E-state index is 11.4. The number of nitrogens with one attached hydrogen (secondary N) is 1. The molecule has 0 radical (unpaired) electrons. The number of halogens is 2. The van der Waals surface area contributed by atoms with E-state index in [-0.39, 0.29) is 18.9 Å². The minimum Gasteiger partial charge on any atom is -0.484 e. The van der Waals surface area contributed by atoms with E-state index in [9.17, 15) is 9.59 Å². The predicted octanol–water partition coefficient (Wildman–Crippen LogP) is 2.35. The van der Waals surface area contributed by atoms with Gasteiger partial charge in [0.05, 0.1) is 10.0 Å². The lowest BCUT2D eigenvalue weighted by Crippen LogP contribution is -2.29. The van der Waals surface area contributed by atoms with E-state index in [1.807, 2.05) is 0 Å². The van der Waals surface area contributed by atoms with Gasteiger partial charge in [-0.2, -0.15) is 0 Å². The molecule has 1 aromatic rings. The van der Waals surface area contributed by atoms with Crippen molar-refractivity contribution in [3.63, 3.8) is 0 Å². The molecule has 0 heterocycles. The Morgan fingerprint density at radius 2 is 2.00 bits per heavy atom. The van der Waals surface area contributed by atoms with Crippen molar-refractivity contribution in [3.05, 3.63) is 28.2 Å². The Morgan fingerprint density at radius 3 is 2.63 bits per heavy atom. The highest BCUT2D eigenvalue weighted by atomic mass is 35.5. The van der Waals surface area contributed by atoms with E-state index in [0.717, 1.165) is 0 Å². The monoisotopic (exact) mass is 305 g/mol. The summed E-state index contributed by atoms with van der Waals surface area (Å²) in [4.78, 5) is 21.6. The van der Waals surface area contributed by atoms with E-state index in [1.165, 1.54) is 6.07 Å². The summed E-state index contributed by atoms with van der Waals surface area (Å²) in [5.74, 6) is -0.771. The van der Waals surface area contributed by atoms with E-state index in [4.69, 9.17) is 33.0 Å². The highest BCUT2D eigenvalue weighted by Crippen LogP contribution is 2.26. The van der Waals surface area contributed by atoms with Crippen molar-refractivity contribution >= 4 is 35.1 Å². The number of benzene rings is 1. The fraction of sp³-hybridized carbons (Fsp3) is 0.333. The lowest BCUT2D eigenvalue weighted by molar-refractivity contribution is -0.137. The van der Waals surface area contributed by atoms with Crippen LogP contribution in [0.5, 0.6) is 5.75 Å². The van der Waals surface area contributed by atoms with Crippen LogP contribution in [0.3, 0.4) is 0 Å². The zero-order valence-electron chi connectivity index (χ0n) is 9.99.